The van der Waals surface area contributed by atoms with Crippen LogP contribution >= 0.6 is 0 Å². The molecule has 12 heteroatoms. The van der Waals surface area contributed by atoms with Crippen molar-refractivity contribution in [3.05, 3.63) is 88.5 Å². The van der Waals surface area contributed by atoms with Gasteiger partial charge in [-0.1, -0.05) is 13.8 Å². The quantitative estimate of drug-likeness (QED) is 0.170. The third kappa shape index (κ3) is 9.46. The van der Waals surface area contributed by atoms with E-state index in [1.54, 1.807) is 30.0 Å². The van der Waals surface area contributed by atoms with E-state index in [2.05, 4.69) is 0 Å². The maximum atomic E-state index is 14.3. The summed E-state index contributed by atoms with van der Waals surface area (Å²) in [7, 11) is -1.13. The Morgan fingerprint density at radius 3 is 2.20 bits per heavy atom. The summed E-state index contributed by atoms with van der Waals surface area (Å²) in [6, 6.07) is 12.4. The van der Waals surface area contributed by atoms with Gasteiger partial charge in [0.1, 0.15) is 11.6 Å². The highest BCUT2D eigenvalue weighted by Gasteiger charge is 2.37. The summed E-state index contributed by atoms with van der Waals surface area (Å²) in [5.41, 5.74) is 1.67. The average molecular weight is 715 g/mol. The molecule has 1 fully saturated rings. The van der Waals surface area contributed by atoms with Gasteiger partial charge in [-0.15, -0.1) is 0 Å². The molecule has 0 aromatic heterocycles. The maximum Gasteiger partial charge on any atom is 0.253 e. The zero-order valence-electron chi connectivity index (χ0n) is 29.5. The molecule has 0 unspecified atom stereocenters. The van der Waals surface area contributed by atoms with Crippen molar-refractivity contribution in [2.45, 2.75) is 70.3 Å². The number of piperidine rings is 1. The highest BCUT2D eigenvalue weighted by atomic mass is 32.2. The number of hydrogen-bond acceptors (Lipinski definition) is 7. The molecule has 272 valence electrons. The number of aliphatic hydroxyl groups excluding tert-OH is 1. The molecule has 1 heterocycles. The molecule has 1 aliphatic heterocycles. The molecule has 9 nitrogen and oxygen atoms in total. The highest BCUT2D eigenvalue weighted by Crippen LogP contribution is 2.34. The van der Waals surface area contributed by atoms with Crippen LogP contribution in [0.25, 0.3) is 0 Å². The molecule has 0 bridgehead atoms. The first-order valence-electron chi connectivity index (χ1n) is 17.1. The molecular formula is C38H48F2N2O7S. The molecule has 3 atom stereocenters. The number of benzene rings is 3. The number of ether oxygens (including phenoxy) is 2. The van der Waals surface area contributed by atoms with Crippen molar-refractivity contribution in [2.24, 2.45) is 11.8 Å². The number of sulfonamides is 1. The van der Waals surface area contributed by atoms with Gasteiger partial charge >= 0.3 is 0 Å². The third-order valence-corrected chi connectivity index (χ3v) is 11.0. The van der Waals surface area contributed by atoms with Crippen LogP contribution in [0.4, 0.5) is 8.78 Å². The van der Waals surface area contributed by atoms with Crippen molar-refractivity contribution < 1.29 is 41.4 Å². The van der Waals surface area contributed by atoms with Gasteiger partial charge in [0.15, 0.2) is 17.3 Å². The highest BCUT2D eigenvalue weighted by molar-refractivity contribution is 7.89. The van der Waals surface area contributed by atoms with E-state index in [4.69, 9.17) is 9.47 Å². The Bertz CT molecular complexity index is 1740. The van der Waals surface area contributed by atoms with E-state index in [0.29, 0.717) is 42.8 Å². The predicted octanol–water partition coefficient (Wildman–Crippen LogP) is 6.45. The second-order valence-electron chi connectivity index (χ2n) is 13.0. The minimum atomic E-state index is -4.00. The van der Waals surface area contributed by atoms with E-state index in [1.165, 1.54) is 48.9 Å². The number of hydrogen-bond donors (Lipinski definition) is 1. The zero-order valence-corrected chi connectivity index (χ0v) is 30.3. The zero-order chi connectivity index (χ0) is 36.6. The molecule has 1 N–H and O–H groups in total. The topological polar surface area (TPSA) is 113 Å². The van der Waals surface area contributed by atoms with E-state index < -0.39 is 39.6 Å². The lowest BCUT2D eigenvalue weighted by Gasteiger charge is -2.37. The van der Waals surface area contributed by atoms with Gasteiger partial charge in [-0.3, -0.25) is 9.59 Å². The Balaban J connectivity index is 1.63. The molecule has 0 saturated carbocycles. The molecule has 1 amide bonds. The Morgan fingerprint density at radius 1 is 0.940 bits per heavy atom. The number of halogens is 2. The first kappa shape index (κ1) is 38.9. The lowest BCUT2D eigenvalue weighted by atomic mass is 9.79. The molecule has 0 radical (unpaired) electrons. The van der Waals surface area contributed by atoms with Crippen LogP contribution < -0.4 is 9.47 Å². The standard InChI is InChI=1S/C38H48F2N2O7S/c1-6-12-41(13-7-2)38(45)30-16-25(3)15-28(20-30)34(43)21-29(17-26-18-31(39)22-32(40)19-26)37(44)27-9-8-14-42(24-27)50(46,47)33-10-11-35(48-4)36(23-33)49-5/h10-11,15-16,18-20,22-23,27,29,37,44H,6-9,12-14,17,21,24H2,1-5H3/t27-,29-,37-/m1/s1. The van der Waals surface area contributed by atoms with Gasteiger partial charge in [-0.25, -0.2) is 17.2 Å². The smallest absolute Gasteiger partial charge is 0.253 e. The number of nitrogens with zero attached hydrogens (tertiary/aromatic N) is 2. The Kier molecular flexibility index (Phi) is 13.5. The van der Waals surface area contributed by atoms with E-state index in [1.807, 2.05) is 13.8 Å². The number of aryl methyl sites for hydroxylation is 1. The van der Waals surface area contributed by atoms with E-state index in [-0.39, 0.29) is 53.8 Å². The number of aliphatic hydroxyl groups is 1. The van der Waals surface area contributed by atoms with Gasteiger partial charge in [0.25, 0.3) is 5.91 Å². The predicted molar refractivity (Wildman–Crippen MR) is 187 cm³/mol. The summed E-state index contributed by atoms with van der Waals surface area (Å²) < 4.78 is 67.9. The van der Waals surface area contributed by atoms with Crippen molar-refractivity contribution in [1.29, 1.82) is 0 Å². The maximum absolute atomic E-state index is 14.3. The van der Waals surface area contributed by atoms with Gasteiger partial charge in [0.2, 0.25) is 10.0 Å². The summed E-state index contributed by atoms with van der Waals surface area (Å²) in [5, 5.41) is 11.9. The normalized spacial score (nSPS) is 16.4. The fourth-order valence-corrected chi connectivity index (χ4v) is 8.34. The van der Waals surface area contributed by atoms with Crippen LogP contribution in [0.3, 0.4) is 0 Å². The van der Waals surface area contributed by atoms with Crippen LogP contribution in [0.2, 0.25) is 0 Å². The summed E-state index contributed by atoms with van der Waals surface area (Å²) in [6.07, 6.45) is 1.11. The Labute approximate surface area is 294 Å². The fraction of sp³-hybridized carbons (Fsp3) is 0.474. The van der Waals surface area contributed by atoms with Crippen LogP contribution in [0, 0.1) is 30.4 Å². The summed E-state index contributed by atoms with van der Waals surface area (Å²) in [6.45, 7) is 7.17. The minimum Gasteiger partial charge on any atom is -0.493 e. The Hall–Kier alpha value is -3.87. The SMILES string of the molecule is CCCN(CCC)C(=O)c1cc(C)cc(C(=O)C[C@@H](Cc2cc(F)cc(F)c2)[C@H](O)[C@@H]2CCCN(S(=O)(=O)c3ccc(OC)c(OC)c3)C2)c1. The number of carbonyl (C=O) groups is 2. The number of carbonyl (C=O) groups excluding carboxylic acids is 2. The molecule has 3 aromatic rings. The largest absolute Gasteiger partial charge is 0.493 e. The fourth-order valence-electron chi connectivity index (χ4n) is 6.79. The molecule has 0 aliphatic carbocycles. The molecule has 4 rings (SSSR count). The average Bonchev–Trinajstić information content (AvgIpc) is 3.09. The summed E-state index contributed by atoms with van der Waals surface area (Å²) in [5.74, 6) is -2.82. The number of amides is 1. The van der Waals surface area contributed by atoms with E-state index in [0.717, 1.165) is 24.5 Å². The number of methoxy groups -OCH3 is 2. The molecule has 1 aliphatic rings. The summed E-state index contributed by atoms with van der Waals surface area (Å²) >= 11 is 0. The molecule has 0 spiro atoms. The Morgan fingerprint density at radius 2 is 1.58 bits per heavy atom. The van der Waals surface area contributed by atoms with Gasteiger partial charge in [0, 0.05) is 55.9 Å². The molecule has 50 heavy (non-hydrogen) atoms. The van der Waals surface area contributed by atoms with Crippen molar-refractivity contribution in [2.75, 3.05) is 40.4 Å². The number of rotatable bonds is 16. The number of ketones is 1. The molecule has 3 aromatic carbocycles. The lowest BCUT2D eigenvalue weighted by Crippen LogP contribution is -2.46. The van der Waals surface area contributed by atoms with Crippen LogP contribution in [-0.2, 0) is 16.4 Å². The van der Waals surface area contributed by atoms with Crippen molar-refractivity contribution in [1.82, 2.24) is 9.21 Å². The molecular weight excluding hydrogens is 666 g/mol. The number of Topliss-reactive ketones (excluding diaryl/α,β-unsaturated/α-hetero) is 1. The van der Waals surface area contributed by atoms with Gasteiger partial charge < -0.3 is 19.5 Å². The molecule has 1 saturated heterocycles. The van der Waals surface area contributed by atoms with Crippen molar-refractivity contribution >= 4 is 21.7 Å². The lowest BCUT2D eigenvalue weighted by molar-refractivity contribution is 0.0231. The van der Waals surface area contributed by atoms with Gasteiger partial charge in [0.05, 0.1) is 25.2 Å². The van der Waals surface area contributed by atoms with Crippen LogP contribution in [-0.4, -0.2) is 80.9 Å². The summed E-state index contributed by atoms with van der Waals surface area (Å²) in [4.78, 5) is 29.1. The van der Waals surface area contributed by atoms with Crippen LogP contribution in [0.5, 0.6) is 11.5 Å². The van der Waals surface area contributed by atoms with Crippen molar-refractivity contribution in [3.8, 4) is 11.5 Å². The third-order valence-electron chi connectivity index (χ3n) is 9.17. The first-order valence-corrected chi connectivity index (χ1v) is 18.5. The second kappa shape index (κ2) is 17.4. The monoisotopic (exact) mass is 714 g/mol. The van der Waals surface area contributed by atoms with Gasteiger partial charge in [-0.2, -0.15) is 4.31 Å². The van der Waals surface area contributed by atoms with E-state index in [9.17, 15) is 31.9 Å². The second-order valence-corrected chi connectivity index (χ2v) is 15.0. The minimum absolute atomic E-state index is 0.00786. The van der Waals surface area contributed by atoms with E-state index >= 15 is 0 Å². The van der Waals surface area contributed by atoms with Crippen LogP contribution in [0.15, 0.2) is 59.5 Å². The van der Waals surface area contributed by atoms with Gasteiger partial charge in [-0.05, 0) is 104 Å². The van der Waals surface area contributed by atoms with Crippen LogP contribution in [0.1, 0.15) is 77.8 Å². The first-order chi connectivity index (χ1) is 23.8. The van der Waals surface area contributed by atoms with Crippen molar-refractivity contribution in [3.63, 3.8) is 0 Å².